The number of benzene rings is 1. The Morgan fingerprint density at radius 3 is 2.58 bits per heavy atom. The first-order valence-corrected chi connectivity index (χ1v) is 9.53. The van der Waals surface area contributed by atoms with Gasteiger partial charge in [-0.15, -0.1) is 16.9 Å². The second kappa shape index (κ2) is 8.28. The van der Waals surface area contributed by atoms with Gasteiger partial charge in [-0.25, -0.2) is 0 Å². The number of hydrogen-bond acceptors (Lipinski definition) is 5. The summed E-state index contributed by atoms with van der Waals surface area (Å²) in [6.45, 7) is 3.77. The predicted octanol–water partition coefficient (Wildman–Crippen LogP) is 2.69. The van der Waals surface area contributed by atoms with Crippen LogP contribution < -0.4 is 0 Å². The molecule has 0 aliphatic carbocycles. The van der Waals surface area contributed by atoms with Gasteiger partial charge in [0.25, 0.3) is 0 Å². The Labute approximate surface area is 146 Å². The lowest BCUT2D eigenvalue weighted by Crippen LogP contribution is -2.37. The molecule has 1 aromatic carbocycles. The Hall–Kier alpha value is -1.89. The molecule has 2 aromatic rings. The molecule has 2 heterocycles. The second-order valence-electron chi connectivity index (χ2n) is 6.04. The minimum absolute atomic E-state index is 0.0796. The van der Waals surface area contributed by atoms with Crippen LogP contribution in [0.5, 0.6) is 0 Å². The van der Waals surface area contributed by atoms with Gasteiger partial charge in [0.1, 0.15) is 0 Å². The molecule has 6 nitrogen and oxygen atoms in total. The maximum absolute atomic E-state index is 12.6. The molecule has 0 N–H and O–H groups in total. The van der Waals surface area contributed by atoms with E-state index in [1.54, 1.807) is 16.4 Å². The van der Waals surface area contributed by atoms with Crippen molar-refractivity contribution in [2.75, 3.05) is 13.1 Å². The van der Waals surface area contributed by atoms with E-state index in [1.165, 1.54) is 12.8 Å². The smallest absolute Gasteiger partial charge is 0.235 e. The van der Waals surface area contributed by atoms with E-state index in [4.69, 9.17) is 0 Å². The number of tetrazole rings is 1. The fourth-order valence-electron chi connectivity index (χ4n) is 2.88. The van der Waals surface area contributed by atoms with Crippen molar-refractivity contribution in [3.8, 4) is 5.69 Å². The lowest BCUT2D eigenvalue weighted by atomic mass is 10.2. The van der Waals surface area contributed by atoms with Crippen molar-refractivity contribution >= 4 is 17.7 Å². The Kier molecular flexibility index (Phi) is 5.85. The van der Waals surface area contributed by atoms with Crippen LogP contribution in [-0.4, -0.2) is 49.4 Å². The summed E-state index contributed by atoms with van der Waals surface area (Å²) in [6, 6.07) is 9.82. The van der Waals surface area contributed by atoms with E-state index in [2.05, 4.69) is 15.5 Å². The van der Waals surface area contributed by atoms with Crippen molar-refractivity contribution in [1.29, 1.82) is 0 Å². The average Bonchev–Trinajstić information content (AvgIpc) is 2.92. The summed E-state index contributed by atoms with van der Waals surface area (Å²) in [6.07, 6.45) is 4.71. The topological polar surface area (TPSA) is 63.9 Å². The fourth-order valence-corrected chi connectivity index (χ4v) is 3.76. The number of thioether (sulfide) groups is 1. The van der Waals surface area contributed by atoms with Crippen LogP contribution in [0, 0.1) is 0 Å². The number of hydrogen-bond donors (Lipinski definition) is 0. The monoisotopic (exact) mass is 345 g/mol. The molecule has 0 bridgehead atoms. The molecule has 0 saturated carbocycles. The van der Waals surface area contributed by atoms with Gasteiger partial charge < -0.3 is 4.90 Å². The van der Waals surface area contributed by atoms with E-state index in [-0.39, 0.29) is 11.2 Å². The van der Waals surface area contributed by atoms with E-state index >= 15 is 0 Å². The standard InChI is InChI=1S/C17H23N5OS/c1-14(17(23)21-11-7-2-3-8-12-21)24-13-16-18-19-20-22(16)15-9-5-4-6-10-15/h4-6,9-10,14H,2-3,7-8,11-13H2,1H3. The molecule has 1 atom stereocenters. The highest BCUT2D eigenvalue weighted by Gasteiger charge is 2.22. The third-order valence-corrected chi connectivity index (χ3v) is 5.39. The second-order valence-corrected chi connectivity index (χ2v) is 7.36. The number of nitrogens with zero attached hydrogens (tertiary/aromatic N) is 5. The van der Waals surface area contributed by atoms with Gasteiger partial charge in [0, 0.05) is 13.1 Å². The van der Waals surface area contributed by atoms with Crippen LogP contribution in [0.25, 0.3) is 5.69 Å². The minimum Gasteiger partial charge on any atom is -0.342 e. The van der Waals surface area contributed by atoms with Gasteiger partial charge in [-0.05, 0) is 42.3 Å². The molecule has 1 fully saturated rings. The Morgan fingerprint density at radius 1 is 1.17 bits per heavy atom. The lowest BCUT2D eigenvalue weighted by Gasteiger charge is -2.23. The van der Waals surface area contributed by atoms with Crippen molar-refractivity contribution in [2.24, 2.45) is 0 Å². The maximum atomic E-state index is 12.6. The maximum Gasteiger partial charge on any atom is 0.235 e. The highest BCUT2D eigenvalue weighted by atomic mass is 32.2. The SMILES string of the molecule is CC(SCc1nnnn1-c1ccccc1)C(=O)N1CCCCCC1. The van der Waals surface area contributed by atoms with Crippen LogP contribution >= 0.6 is 11.8 Å². The number of para-hydroxylation sites is 1. The average molecular weight is 345 g/mol. The highest BCUT2D eigenvalue weighted by molar-refractivity contribution is 7.99. The first-order valence-electron chi connectivity index (χ1n) is 8.49. The summed E-state index contributed by atoms with van der Waals surface area (Å²) in [7, 11) is 0. The molecule has 1 aliphatic rings. The quantitative estimate of drug-likeness (QED) is 0.834. The molecule has 1 amide bonds. The highest BCUT2D eigenvalue weighted by Crippen LogP contribution is 2.21. The molecule has 1 unspecified atom stereocenters. The zero-order chi connectivity index (χ0) is 16.8. The van der Waals surface area contributed by atoms with Gasteiger partial charge in [0.2, 0.25) is 5.91 Å². The lowest BCUT2D eigenvalue weighted by molar-refractivity contribution is -0.130. The van der Waals surface area contributed by atoms with Gasteiger partial charge >= 0.3 is 0 Å². The summed E-state index contributed by atoms with van der Waals surface area (Å²) < 4.78 is 1.73. The summed E-state index contributed by atoms with van der Waals surface area (Å²) in [5, 5.41) is 11.9. The van der Waals surface area contributed by atoms with Gasteiger partial charge in [-0.3, -0.25) is 4.79 Å². The van der Waals surface area contributed by atoms with E-state index in [9.17, 15) is 4.79 Å². The summed E-state index contributed by atoms with van der Waals surface area (Å²) >= 11 is 1.60. The number of likely N-dealkylation sites (tertiary alicyclic amines) is 1. The molecular formula is C17H23N5OS. The van der Waals surface area contributed by atoms with Crippen molar-refractivity contribution in [2.45, 2.75) is 43.6 Å². The Balaban J connectivity index is 1.59. The van der Waals surface area contributed by atoms with Gasteiger partial charge in [-0.1, -0.05) is 31.0 Å². The number of carbonyl (C=O) groups excluding carboxylic acids is 1. The van der Waals surface area contributed by atoms with E-state index < -0.39 is 0 Å². The van der Waals surface area contributed by atoms with Crippen molar-refractivity contribution < 1.29 is 4.79 Å². The van der Waals surface area contributed by atoms with Crippen molar-refractivity contribution in [1.82, 2.24) is 25.1 Å². The van der Waals surface area contributed by atoms with E-state index in [1.807, 2.05) is 42.2 Å². The number of aromatic nitrogens is 4. The molecule has 1 aliphatic heterocycles. The predicted molar refractivity (Wildman–Crippen MR) is 95.0 cm³/mol. The van der Waals surface area contributed by atoms with Crippen molar-refractivity contribution in [3.05, 3.63) is 36.2 Å². The first kappa shape index (κ1) is 17.0. The zero-order valence-electron chi connectivity index (χ0n) is 14.0. The number of carbonyl (C=O) groups is 1. The molecule has 3 rings (SSSR count). The van der Waals surface area contributed by atoms with Crippen LogP contribution in [0.1, 0.15) is 38.4 Å². The molecule has 0 spiro atoms. The van der Waals surface area contributed by atoms with Crippen LogP contribution in [0.2, 0.25) is 0 Å². The van der Waals surface area contributed by atoms with Crippen LogP contribution in [0.15, 0.2) is 30.3 Å². The van der Waals surface area contributed by atoms with Gasteiger partial charge in [0.15, 0.2) is 5.82 Å². The molecular weight excluding hydrogens is 322 g/mol. The van der Waals surface area contributed by atoms with Crippen LogP contribution in [0.4, 0.5) is 0 Å². The molecule has 0 radical (unpaired) electrons. The number of rotatable bonds is 5. The molecule has 1 saturated heterocycles. The normalized spacial score (nSPS) is 16.6. The Morgan fingerprint density at radius 2 is 1.88 bits per heavy atom. The first-order chi connectivity index (χ1) is 11.8. The molecule has 1 aromatic heterocycles. The van der Waals surface area contributed by atoms with Crippen LogP contribution in [-0.2, 0) is 10.5 Å². The molecule has 7 heteroatoms. The zero-order valence-corrected chi connectivity index (χ0v) is 14.8. The molecule has 24 heavy (non-hydrogen) atoms. The van der Waals surface area contributed by atoms with E-state index in [0.29, 0.717) is 5.75 Å². The third kappa shape index (κ3) is 4.14. The van der Waals surface area contributed by atoms with E-state index in [0.717, 1.165) is 37.4 Å². The van der Waals surface area contributed by atoms with Gasteiger partial charge in [-0.2, -0.15) is 4.68 Å². The summed E-state index contributed by atoms with van der Waals surface area (Å²) in [5.41, 5.74) is 0.935. The number of amides is 1. The van der Waals surface area contributed by atoms with Gasteiger partial charge in [0.05, 0.1) is 16.7 Å². The molecule has 128 valence electrons. The fraction of sp³-hybridized carbons (Fsp3) is 0.529. The Bertz CT molecular complexity index is 652. The third-order valence-electron chi connectivity index (χ3n) is 4.26. The largest absolute Gasteiger partial charge is 0.342 e. The summed E-state index contributed by atoms with van der Waals surface area (Å²) in [5.74, 6) is 1.62. The van der Waals surface area contributed by atoms with Crippen LogP contribution in [0.3, 0.4) is 0 Å². The summed E-state index contributed by atoms with van der Waals surface area (Å²) in [4.78, 5) is 14.6. The van der Waals surface area contributed by atoms with Crippen molar-refractivity contribution in [3.63, 3.8) is 0 Å². The minimum atomic E-state index is -0.0796.